The van der Waals surface area contributed by atoms with Gasteiger partial charge in [0.25, 0.3) is 0 Å². The zero-order valence-electron chi connectivity index (χ0n) is 11.8. The van der Waals surface area contributed by atoms with Gasteiger partial charge in [0.05, 0.1) is 0 Å². The van der Waals surface area contributed by atoms with E-state index < -0.39 is 0 Å². The molecule has 0 radical (unpaired) electrons. The summed E-state index contributed by atoms with van der Waals surface area (Å²) >= 11 is 3.35. The molecule has 0 saturated carbocycles. The number of nitrogens with one attached hydrogen (secondary N) is 1. The van der Waals surface area contributed by atoms with Gasteiger partial charge in [0.2, 0.25) is 0 Å². The van der Waals surface area contributed by atoms with Crippen molar-refractivity contribution in [2.75, 3.05) is 13.6 Å². The van der Waals surface area contributed by atoms with Gasteiger partial charge in [-0.25, -0.2) is 4.39 Å². The highest BCUT2D eigenvalue weighted by Crippen LogP contribution is 2.24. The molecule has 0 spiro atoms. The van der Waals surface area contributed by atoms with E-state index in [9.17, 15) is 4.39 Å². The first-order chi connectivity index (χ1) is 9.58. The van der Waals surface area contributed by atoms with Gasteiger partial charge in [-0.1, -0.05) is 45.8 Å². The summed E-state index contributed by atoms with van der Waals surface area (Å²) in [5, 5.41) is 3.23. The predicted molar refractivity (Wildman–Crippen MR) is 85.7 cm³/mol. The van der Waals surface area contributed by atoms with Crippen LogP contribution in [-0.2, 0) is 6.42 Å². The molecule has 0 fully saturated rings. The number of aryl methyl sites for hydroxylation is 1. The number of rotatable bonds is 5. The van der Waals surface area contributed by atoms with E-state index in [0.717, 1.165) is 23.0 Å². The second-order valence-corrected chi connectivity index (χ2v) is 6.07. The van der Waals surface area contributed by atoms with Gasteiger partial charge in [0.1, 0.15) is 5.82 Å². The quantitative estimate of drug-likeness (QED) is 0.851. The molecule has 0 aliphatic heterocycles. The summed E-state index contributed by atoms with van der Waals surface area (Å²) in [5.74, 6) is 0.149. The Labute approximate surface area is 128 Å². The van der Waals surface area contributed by atoms with Gasteiger partial charge < -0.3 is 5.32 Å². The normalized spacial score (nSPS) is 12.4. The molecule has 1 atom stereocenters. The lowest BCUT2D eigenvalue weighted by Crippen LogP contribution is -2.19. The van der Waals surface area contributed by atoms with Crippen LogP contribution < -0.4 is 5.32 Å². The molecule has 0 aliphatic rings. The van der Waals surface area contributed by atoms with E-state index in [1.807, 2.05) is 13.1 Å². The van der Waals surface area contributed by atoms with Crippen LogP contribution in [0.2, 0.25) is 0 Å². The summed E-state index contributed by atoms with van der Waals surface area (Å²) in [6.07, 6.45) is 0.820. The fourth-order valence-electron chi connectivity index (χ4n) is 2.49. The molecule has 0 aliphatic carbocycles. The van der Waals surface area contributed by atoms with Crippen molar-refractivity contribution in [2.24, 2.45) is 0 Å². The first-order valence-electron chi connectivity index (χ1n) is 6.74. The lowest BCUT2D eigenvalue weighted by Gasteiger charge is -2.18. The molecule has 106 valence electrons. The van der Waals surface area contributed by atoms with E-state index in [-0.39, 0.29) is 5.82 Å². The van der Waals surface area contributed by atoms with Gasteiger partial charge in [0, 0.05) is 16.9 Å². The van der Waals surface area contributed by atoms with E-state index >= 15 is 0 Å². The monoisotopic (exact) mass is 335 g/mol. The summed E-state index contributed by atoms with van der Waals surface area (Å²) in [6.45, 7) is 2.97. The van der Waals surface area contributed by atoms with E-state index in [4.69, 9.17) is 0 Å². The van der Waals surface area contributed by atoms with Crippen molar-refractivity contribution < 1.29 is 4.39 Å². The largest absolute Gasteiger partial charge is 0.319 e. The second-order valence-electron chi connectivity index (χ2n) is 5.15. The Morgan fingerprint density at radius 1 is 1.20 bits per heavy atom. The van der Waals surface area contributed by atoms with E-state index in [1.165, 1.54) is 17.2 Å². The standard InChI is InChI=1S/C17H19BrFN/c1-12-4-3-5-14(6-12)15(11-20-2)7-13-8-16(18)10-17(19)9-13/h3-6,8-10,15,20H,7,11H2,1-2H3. The van der Waals surface area contributed by atoms with Crippen LogP contribution in [0.25, 0.3) is 0 Å². The molecule has 20 heavy (non-hydrogen) atoms. The van der Waals surface area contributed by atoms with Crippen LogP contribution in [0.15, 0.2) is 46.9 Å². The van der Waals surface area contributed by atoms with Gasteiger partial charge in [0.15, 0.2) is 0 Å². The van der Waals surface area contributed by atoms with Gasteiger partial charge in [-0.15, -0.1) is 0 Å². The fraction of sp³-hybridized carbons (Fsp3) is 0.294. The highest BCUT2D eigenvalue weighted by molar-refractivity contribution is 9.10. The smallest absolute Gasteiger partial charge is 0.124 e. The minimum Gasteiger partial charge on any atom is -0.319 e. The second kappa shape index (κ2) is 7.00. The summed E-state index contributed by atoms with van der Waals surface area (Å²) in [6, 6.07) is 13.6. The maximum absolute atomic E-state index is 13.5. The Balaban J connectivity index is 2.25. The fourth-order valence-corrected chi connectivity index (χ4v) is 3.00. The van der Waals surface area contributed by atoms with E-state index in [2.05, 4.69) is 52.4 Å². The van der Waals surface area contributed by atoms with Crippen molar-refractivity contribution in [1.82, 2.24) is 5.32 Å². The molecule has 2 rings (SSSR count). The zero-order valence-corrected chi connectivity index (χ0v) is 13.4. The van der Waals surface area contributed by atoms with Crippen LogP contribution in [0.5, 0.6) is 0 Å². The third-order valence-corrected chi connectivity index (χ3v) is 3.83. The van der Waals surface area contributed by atoms with Crippen LogP contribution in [0.1, 0.15) is 22.6 Å². The Kier molecular flexibility index (Phi) is 5.32. The number of likely N-dealkylation sites (N-methyl/N-ethyl adjacent to an activating group) is 1. The summed E-state index contributed by atoms with van der Waals surface area (Å²) in [4.78, 5) is 0. The van der Waals surface area contributed by atoms with Crippen LogP contribution in [0, 0.1) is 12.7 Å². The number of hydrogen-bond acceptors (Lipinski definition) is 1. The maximum Gasteiger partial charge on any atom is 0.124 e. The van der Waals surface area contributed by atoms with Crippen LogP contribution in [0.4, 0.5) is 4.39 Å². The highest BCUT2D eigenvalue weighted by atomic mass is 79.9. The average molecular weight is 336 g/mol. The topological polar surface area (TPSA) is 12.0 Å². The summed E-state index contributed by atoms with van der Waals surface area (Å²) in [7, 11) is 1.95. The summed E-state index contributed by atoms with van der Waals surface area (Å²) in [5.41, 5.74) is 3.56. The zero-order chi connectivity index (χ0) is 14.5. The van der Waals surface area contributed by atoms with Gasteiger partial charge in [-0.2, -0.15) is 0 Å². The Morgan fingerprint density at radius 2 is 2.00 bits per heavy atom. The molecule has 2 aromatic carbocycles. The molecule has 0 aromatic heterocycles. The minimum atomic E-state index is -0.193. The van der Waals surface area contributed by atoms with E-state index in [0.29, 0.717) is 5.92 Å². The van der Waals surface area contributed by atoms with Crippen molar-refractivity contribution in [2.45, 2.75) is 19.3 Å². The molecule has 0 saturated heterocycles. The molecule has 0 bridgehead atoms. The molecule has 0 heterocycles. The van der Waals surface area contributed by atoms with Crippen LogP contribution >= 0.6 is 15.9 Å². The average Bonchev–Trinajstić information content (AvgIpc) is 2.37. The number of benzene rings is 2. The SMILES string of the molecule is CNCC(Cc1cc(F)cc(Br)c1)c1cccc(C)c1. The lowest BCUT2D eigenvalue weighted by atomic mass is 9.91. The van der Waals surface area contributed by atoms with Crippen LogP contribution in [-0.4, -0.2) is 13.6 Å². The van der Waals surface area contributed by atoms with Crippen molar-refractivity contribution in [1.29, 1.82) is 0 Å². The minimum absolute atomic E-state index is 0.193. The third-order valence-electron chi connectivity index (χ3n) is 3.37. The first-order valence-corrected chi connectivity index (χ1v) is 7.54. The van der Waals surface area contributed by atoms with Crippen LogP contribution in [0.3, 0.4) is 0 Å². The number of hydrogen-bond donors (Lipinski definition) is 1. The molecule has 1 unspecified atom stereocenters. The Hall–Kier alpha value is -1.19. The maximum atomic E-state index is 13.5. The molecular formula is C17H19BrFN. The highest BCUT2D eigenvalue weighted by Gasteiger charge is 2.13. The van der Waals surface area contributed by atoms with E-state index in [1.54, 1.807) is 6.07 Å². The Bertz CT molecular complexity index is 563. The van der Waals surface area contributed by atoms with Crippen molar-refractivity contribution in [3.05, 3.63) is 69.4 Å². The van der Waals surface area contributed by atoms with Gasteiger partial charge in [-0.3, -0.25) is 0 Å². The lowest BCUT2D eigenvalue weighted by molar-refractivity contribution is 0.607. The van der Waals surface area contributed by atoms with Crippen molar-refractivity contribution >= 4 is 15.9 Å². The number of halogens is 2. The predicted octanol–water partition coefficient (Wildman–Crippen LogP) is 4.44. The van der Waals surface area contributed by atoms with Crippen molar-refractivity contribution in [3.8, 4) is 0 Å². The third kappa shape index (κ3) is 4.15. The van der Waals surface area contributed by atoms with Gasteiger partial charge in [-0.05, 0) is 49.7 Å². The molecule has 1 nitrogen and oxygen atoms in total. The van der Waals surface area contributed by atoms with Crippen molar-refractivity contribution in [3.63, 3.8) is 0 Å². The molecular weight excluding hydrogens is 317 g/mol. The Morgan fingerprint density at radius 3 is 2.65 bits per heavy atom. The molecule has 2 aromatic rings. The van der Waals surface area contributed by atoms with Gasteiger partial charge >= 0.3 is 0 Å². The molecule has 3 heteroatoms. The molecule has 1 N–H and O–H groups in total. The summed E-state index contributed by atoms with van der Waals surface area (Å²) < 4.78 is 14.3. The molecule has 0 amide bonds. The first kappa shape index (κ1) is 15.2.